The van der Waals surface area contributed by atoms with E-state index in [-0.39, 0.29) is 16.7 Å². The van der Waals surface area contributed by atoms with Crippen molar-refractivity contribution >= 4 is 28.8 Å². The summed E-state index contributed by atoms with van der Waals surface area (Å²) in [6.07, 6.45) is 0. The summed E-state index contributed by atoms with van der Waals surface area (Å²) < 4.78 is 5.34. The molecule has 1 unspecified atom stereocenters. The minimum absolute atomic E-state index is 0.0526. The summed E-state index contributed by atoms with van der Waals surface area (Å²) in [5.74, 6) is -0.921. The molecule has 0 radical (unpaired) electrons. The minimum Gasteiger partial charge on any atom is -0.507 e. The van der Waals surface area contributed by atoms with Crippen molar-refractivity contribution in [3.63, 3.8) is 0 Å². The van der Waals surface area contributed by atoms with E-state index < -0.39 is 17.7 Å². The van der Waals surface area contributed by atoms with Crippen LogP contribution in [-0.2, 0) is 15.0 Å². The lowest BCUT2D eigenvalue weighted by Crippen LogP contribution is -2.29. The van der Waals surface area contributed by atoms with Crippen molar-refractivity contribution in [3.8, 4) is 5.75 Å². The Balaban J connectivity index is 1.91. The van der Waals surface area contributed by atoms with Gasteiger partial charge in [-0.1, -0.05) is 45.0 Å². The summed E-state index contributed by atoms with van der Waals surface area (Å²) in [4.78, 5) is 30.4. The van der Waals surface area contributed by atoms with Crippen LogP contribution < -0.4 is 14.5 Å². The SMILES string of the molecule is COc1ccc(/C(O)=C2/C(=O)C(=O)N(c3ccc(N(C)C)cc3)C2c2ccc(C(C)(C)C)cc2)cc1C. The number of benzene rings is 3. The molecule has 0 spiro atoms. The van der Waals surface area contributed by atoms with Crippen LogP contribution in [0.4, 0.5) is 11.4 Å². The summed E-state index contributed by atoms with van der Waals surface area (Å²) in [6, 6.07) is 19.8. The summed E-state index contributed by atoms with van der Waals surface area (Å²) in [7, 11) is 5.46. The van der Waals surface area contributed by atoms with Gasteiger partial charge in [0.1, 0.15) is 11.5 Å². The van der Waals surface area contributed by atoms with Crippen LogP contribution in [0.3, 0.4) is 0 Å². The monoisotopic (exact) mass is 498 g/mol. The van der Waals surface area contributed by atoms with Gasteiger partial charge < -0.3 is 14.7 Å². The van der Waals surface area contributed by atoms with Gasteiger partial charge in [-0.2, -0.15) is 0 Å². The second kappa shape index (κ2) is 9.77. The molecule has 6 nitrogen and oxygen atoms in total. The van der Waals surface area contributed by atoms with Gasteiger partial charge in [-0.15, -0.1) is 0 Å². The van der Waals surface area contributed by atoms with E-state index in [1.165, 1.54) is 4.90 Å². The van der Waals surface area contributed by atoms with Crippen molar-refractivity contribution in [2.45, 2.75) is 39.2 Å². The molecule has 1 aliphatic rings. The van der Waals surface area contributed by atoms with E-state index in [9.17, 15) is 14.7 Å². The molecular weight excluding hydrogens is 464 g/mol. The predicted octanol–water partition coefficient (Wildman–Crippen LogP) is 5.99. The van der Waals surface area contributed by atoms with Crippen molar-refractivity contribution in [1.82, 2.24) is 0 Å². The van der Waals surface area contributed by atoms with Crippen LogP contribution in [0.25, 0.3) is 5.76 Å². The molecule has 1 saturated heterocycles. The van der Waals surface area contributed by atoms with E-state index in [1.807, 2.05) is 74.4 Å². The maximum atomic E-state index is 13.5. The Bertz CT molecular complexity index is 1360. The Morgan fingerprint density at radius 2 is 1.57 bits per heavy atom. The second-order valence-corrected chi connectivity index (χ2v) is 10.6. The summed E-state index contributed by atoms with van der Waals surface area (Å²) in [5, 5.41) is 11.4. The van der Waals surface area contributed by atoms with E-state index in [2.05, 4.69) is 20.8 Å². The van der Waals surface area contributed by atoms with Gasteiger partial charge in [-0.05, 0) is 71.5 Å². The van der Waals surface area contributed by atoms with Gasteiger partial charge in [0, 0.05) is 31.0 Å². The third kappa shape index (κ3) is 4.84. The average molecular weight is 499 g/mol. The Hall–Kier alpha value is -4.06. The first-order valence-corrected chi connectivity index (χ1v) is 12.3. The number of aliphatic hydroxyl groups is 1. The van der Waals surface area contributed by atoms with Crippen LogP contribution in [0.2, 0.25) is 0 Å². The number of ether oxygens (including phenoxy) is 1. The molecule has 192 valence electrons. The third-order valence-electron chi connectivity index (χ3n) is 6.85. The largest absolute Gasteiger partial charge is 0.507 e. The molecule has 37 heavy (non-hydrogen) atoms. The fraction of sp³-hybridized carbons (Fsp3) is 0.290. The highest BCUT2D eigenvalue weighted by Crippen LogP contribution is 2.43. The molecule has 3 aromatic rings. The molecule has 0 aliphatic carbocycles. The van der Waals surface area contributed by atoms with E-state index in [0.717, 1.165) is 22.4 Å². The zero-order valence-corrected chi connectivity index (χ0v) is 22.5. The molecular formula is C31H34N2O4. The fourth-order valence-electron chi connectivity index (χ4n) is 4.67. The number of hydrogen-bond acceptors (Lipinski definition) is 5. The number of Topliss-reactive ketones (excluding diaryl/α,β-unsaturated/α-hetero) is 1. The Kier molecular flexibility index (Phi) is 6.87. The first-order chi connectivity index (χ1) is 17.4. The van der Waals surface area contributed by atoms with E-state index >= 15 is 0 Å². The maximum absolute atomic E-state index is 13.5. The summed E-state index contributed by atoms with van der Waals surface area (Å²) in [5.41, 5.74) is 4.72. The van der Waals surface area contributed by atoms with Crippen molar-refractivity contribution in [1.29, 1.82) is 0 Å². The lowest BCUT2D eigenvalue weighted by Gasteiger charge is -2.27. The number of methoxy groups -OCH3 is 1. The van der Waals surface area contributed by atoms with Crippen molar-refractivity contribution in [2.75, 3.05) is 31.0 Å². The molecule has 0 saturated carbocycles. The normalized spacial score (nSPS) is 17.3. The molecule has 0 aromatic heterocycles. The lowest BCUT2D eigenvalue weighted by atomic mass is 9.85. The Morgan fingerprint density at radius 1 is 0.946 bits per heavy atom. The third-order valence-corrected chi connectivity index (χ3v) is 6.85. The van der Waals surface area contributed by atoms with E-state index in [1.54, 1.807) is 25.3 Å². The van der Waals surface area contributed by atoms with Crippen LogP contribution in [0.1, 0.15) is 49.1 Å². The molecule has 1 aliphatic heterocycles. The number of aliphatic hydroxyl groups excluding tert-OH is 1. The number of anilines is 2. The van der Waals surface area contributed by atoms with E-state index in [0.29, 0.717) is 17.0 Å². The molecule has 3 aromatic carbocycles. The van der Waals surface area contributed by atoms with Crippen molar-refractivity contribution in [3.05, 3.63) is 94.6 Å². The van der Waals surface area contributed by atoms with Gasteiger partial charge in [0.05, 0.1) is 18.7 Å². The molecule has 6 heteroatoms. The minimum atomic E-state index is -0.776. The van der Waals surface area contributed by atoms with Crippen molar-refractivity contribution in [2.24, 2.45) is 0 Å². The van der Waals surface area contributed by atoms with Gasteiger partial charge in [0.2, 0.25) is 0 Å². The highest BCUT2D eigenvalue weighted by Gasteiger charge is 2.47. The van der Waals surface area contributed by atoms with Crippen molar-refractivity contribution < 1.29 is 19.4 Å². The highest BCUT2D eigenvalue weighted by molar-refractivity contribution is 6.51. The number of carbonyl (C=O) groups is 2. The molecule has 0 bridgehead atoms. The number of ketones is 1. The highest BCUT2D eigenvalue weighted by atomic mass is 16.5. The molecule has 1 atom stereocenters. The first-order valence-electron chi connectivity index (χ1n) is 12.3. The number of rotatable bonds is 5. The molecule has 1 fully saturated rings. The fourth-order valence-corrected chi connectivity index (χ4v) is 4.67. The number of amides is 1. The number of carbonyl (C=O) groups excluding carboxylic acids is 2. The van der Waals surface area contributed by atoms with Gasteiger partial charge in [-0.25, -0.2) is 0 Å². The standard InChI is InChI=1S/C31H34N2O4/c1-19-18-21(10-17-25(19)37-7)28(34)26-27(20-8-11-22(12-9-20)31(2,3)4)33(30(36)29(26)35)24-15-13-23(14-16-24)32(5)6/h8-18,27,34H,1-7H3/b28-26-. The number of aryl methyl sites for hydroxylation is 1. The lowest BCUT2D eigenvalue weighted by molar-refractivity contribution is -0.132. The zero-order chi connectivity index (χ0) is 27.1. The van der Waals surface area contributed by atoms with Crippen LogP contribution >= 0.6 is 0 Å². The summed E-state index contributed by atoms with van der Waals surface area (Å²) >= 11 is 0. The average Bonchev–Trinajstić information content (AvgIpc) is 3.13. The van der Waals surface area contributed by atoms with Crippen LogP contribution in [0.5, 0.6) is 5.75 Å². The molecule has 1 amide bonds. The van der Waals surface area contributed by atoms with Crippen LogP contribution in [0, 0.1) is 6.92 Å². The quantitative estimate of drug-likeness (QED) is 0.266. The Labute approximate surface area is 218 Å². The number of hydrogen-bond donors (Lipinski definition) is 1. The Morgan fingerprint density at radius 3 is 2.08 bits per heavy atom. The molecule has 1 heterocycles. The smallest absolute Gasteiger partial charge is 0.300 e. The second-order valence-electron chi connectivity index (χ2n) is 10.6. The first kappa shape index (κ1) is 26.0. The van der Waals surface area contributed by atoms with Gasteiger partial charge in [0.15, 0.2) is 0 Å². The predicted molar refractivity (Wildman–Crippen MR) is 148 cm³/mol. The van der Waals surface area contributed by atoms with E-state index in [4.69, 9.17) is 4.74 Å². The maximum Gasteiger partial charge on any atom is 0.300 e. The zero-order valence-electron chi connectivity index (χ0n) is 22.5. The van der Waals surface area contributed by atoms with Gasteiger partial charge in [-0.3, -0.25) is 14.5 Å². The number of nitrogens with zero attached hydrogens (tertiary/aromatic N) is 2. The van der Waals surface area contributed by atoms with Gasteiger partial charge in [0.25, 0.3) is 11.7 Å². The van der Waals surface area contributed by atoms with Crippen LogP contribution in [-0.4, -0.2) is 38.0 Å². The molecule has 4 rings (SSSR count). The van der Waals surface area contributed by atoms with Gasteiger partial charge >= 0.3 is 0 Å². The van der Waals surface area contributed by atoms with Crippen LogP contribution in [0.15, 0.2) is 72.3 Å². The topological polar surface area (TPSA) is 70.1 Å². The molecule has 1 N–H and O–H groups in total. The summed E-state index contributed by atoms with van der Waals surface area (Å²) in [6.45, 7) is 8.26.